The van der Waals surface area contributed by atoms with Crippen LogP contribution in [0.3, 0.4) is 0 Å². The van der Waals surface area contributed by atoms with Crippen molar-refractivity contribution in [2.45, 2.75) is 6.42 Å². The number of ketones is 1. The van der Waals surface area contributed by atoms with Gasteiger partial charge in [-0.15, -0.1) is 0 Å². The molecule has 20 heavy (non-hydrogen) atoms. The van der Waals surface area contributed by atoms with E-state index in [9.17, 15) is 4.79 Å². The van der Waals surface area contributed by atoms with Crippen molar-refractivity contribution in [2.24, 2.45) is 0 Å². The average Bonchev–Trinajstić information content (AvgIpc) is 2.41. The number of carbonyl (C=O) groups excluding carboxylic acids is 1. The Balaban J connectivity index is 1.90. The van der Waals surface area contributed by atoms with Gasteiger partial charge in [-0.1, -0.05) is 45.2 Å². The van der Waals surface area contributed by atoms with Crippen molar-refractivity contribution in [3.8, 4) is 5.75 Å². The van der Waals surface area contributed by atoms with Gasteiger partial charge in [0.25, 0.3) is 0 Å². The predicted molar refractivity (Wildman–Crippen MR) is 84.8 cm³/mol. The van der Waals surface area contributed by atoms with Crippen LogP contribution in [0.15, 0.2) is 46.9 Å². The van der Waals surface area contributed by atoms with Gasteiger partial charge in [0.05, 0.1) is 0 Å². The topological polar surface area (TPSA) is 26.3 Å². The molecule has 0 atom stereocenters. The molecule has 2 aromatic carbocycles. The zero-order chi connectivity index (χ0) is 14.5. The fraction of sp³-hybridized carbons (Fsp3) is 0.133. The highest BCUT2D eigenvalue weighted by atomic mass is 79.9. The summed E-state index contributed by atoms with van der Waals surface area (Å²) in [5.41, 5.74) is 0.791. The summed E-state index contributed by atoms with van der Waals surface area (Å²) >= 11 is 15.2. The summed E-state index contributed by atoms with van der Waals surface area (Å²) in [7, 11) is 0. The zero-order valence-electron chi connectivity index (χ0n) is 10.4. The fourth-order valence-corrected chi connectivity index (χ4v) is 2.49. The van der Waals surface area contributed by atoms with E-state index in [1.807, 2.05) is 12.1 Å². The van der Waals surface area contributed by atoms with Gasteiger partial charge in [-0.05, 0) is 42.0 Å². The molecule has 0 amide bonds. The average molecular weight is 374 g/mol. The number of rotatable bonds is 5. The molecule has 0 bridgehead atoms. The van der Waals surface area contributed by atoms with E-state index in [2.05, 4.69) is 15.9 Å². The Morgan fingerprint density at radius 2 is 1.80 bits per heavy atom. The van der Waals surface area contributed by atoms with Crippen LogP contribution in [0.2, 0.25) is 10.0 Å². The lowest BCUT2D eigenvalue weighted by Gasteiger charge is -2.07. The quantitative estimate of drug-likeness (QED) is 0.741. The van der Waals surface area contributed by atoms with E-state index >= 15 is 0 Å². The van der Waals surface area contributed by atoms with E-state index < -0.39 is 0 Å². The van der Waals surface area contributed by atoms with E-state index in [0.717, 1.165) is 10.0 Å². The number of hydrogen-bond acceptors (Lipinski definition) is 2. The van der Waals surface area contributed by atoms with Crippen molar-refractivity contribution in [1.82, 2.24) is 0 Å². The molecule has 0 spiro atoms. The number of Topliss-reactive ketones (excluding diaryl/α,β-unsaturated/α-hetero) is 1. The molecule has 2 aromatic rings. The standard InChI is InChI=1S/C15H11BrCl2O2/c16-11-2-1-10(15(18)8-11)7-13(19)9-20-14-5-3-12(17)4-6-14/h1-6,8H,7,9H2. The van der Waals surface area contributed by atoms with Crippen molar-refractivity contribution < 1.29 is 9.53 Å². The van der Waals surface area contributed by atoms with Crippen molar-refractivity contribution >= 4 is 44.9 Å². The second-order valence-corrected chi connectivity index (χ2v) is 5.95. The Labute approximate surface area is 135 Å². The molecule has 0 aliphatic heterocycles. The molecule has 0 radical (unpaired) electrons. The lowest BCUT2D eigenvalue weighted by molar-refractivity contribution is -0.120. The number of hydrogen-bond donors (Lipinski definition) is 0. The Bertz CT molecular complexity index is 612. The zero-order valence-corrected chi connectivity index (χ0v) is 13.5. The number of benzene rings is 2. The second kappa shape index (κ2) is 7.11. The van der Waals surface area contributed by atoms with Crippen molar-refractivity contribution in [3.05, 3.63) is 62.5 Å². The van der Waals surface area contributed by atoms with Crippen LogP contribution in [0.5, 0.6) is 5.75 Å². The minimum Gasteiger partial charge on any atom is -0.486 e. The Hall–Kier alpha value is -1.03. The lowest BCUT2D eigenvalue weighted by Crippen LogP contribution is -2.14. The summed E-state index contributed by atoms with van der Waals surface area (Å²) in [6, 6.07) is 12.3. The van der Waals surface area contributed by atoms with Gasteiger partial charge in [-0.3, -0.25) is 4.79 Å². The molecule has 0 aromatic heterocycles. The summed E-state index contributed by atoms with van der Waals surface area (Å²) in [6.07, 6.45) is 0.250. The summed E-state index contributed by atoms with van der Waals surface area (Å²) in [6.45, 7) is 0.00796. The van der Waals surface area contributed by atoms with Gasteiger partial charge in [0.2, 0.25) is 0 Å². The van der Waals surface area contributed by atoms with E-state index in [-0.39, 0.29) is 18.8 Å². The van der Waals surface area contributed by atoms with Gasteiger partial charge < -0.3 is 4.74 Å². The SMILES string of the molecule is O=C(COc1ccc(Cl)cc1)Cc1ccc(Br)cc1Cl. The molecule has 2 rings (SSSR count). The molecule has 0 aliphatic carbocycles. The van der Waals surface area contributed by atoms with Crippen molar-refractivity contribution in [1.29, 1.82) is 0 Å². The minimum atomic E-state index is -0.0378. The normalized spacial score (nSPS) is 10.3. The Morgan fingerprint density at radius 1 is 1.10 bits per heavy atom. The first-order chi connectivity index (χ1) is 9.54. The van der Waals surface area contributed by atoms with Gasteiger partial charge in [-0.25, -0.2) is 0 Å². The van der Waals surface area contributed by atoms with Crippen LogP contribution in [0, 0.1) is 0 Å². The van der Waals surface area contributed by atoms with Gasteiger partial charge in [0.1, 0.15) is 12.4 Å². The van der Waals surface area contributed by atoms with E-state index in [4.69, 9.17) is 27.9 Å². The summed E-state index contributed by atoms with van der Waals surface area (Å²) in [5.74, 6) is 0.578. The summed E-state index contributed by atoms with van der Waals surface area (Å²) < 4.78 is 6.28. The van der Waals surface area contributed by atoms with E-state index in [0.29, 0.717) is 15.8 Å². The molecule has 2 nitrogen and oxygen atoms in total. The van der Waals surface area contributed by atoms with Crippen molar-refractivity contribution in [3.63, 3.8) is 0 Å². The van der Waals surface area contributed by atoms with E-state index in [1.54, 1.807) is 30.3 Å². The van der Waals surface area contributed by atoms with Crippen LogP contribution < -0.4 is 4.74 Å². The van der Waals surface area contributed by atoms with Crippen LogP contribution in [0.25, 0.3) is 0 Å². The van der Waals surface area contributed by atoms with Gasteiger partial charge in [0, 0.05) is 20.9 Å². The predicted octanol–water partition coefficient (Wildman–Crippen LogP) is 4.95. The molecular weight excluding hydrogens is 363 g/mol. The first-order valence-corrected chi connectivity index (χ1v) is 7.43. The monoisotopic (exact) mass is 372 g/mol. The Kier molecular flexibility index (Phi) is 5.46. The highest BCUT2D eigenvalue weighted by Crippen LogP contribution is 2.22. The maximum Gasteiger partial charge on any atom is 0.174 e. The third kappa shape index (κ3) is 4.51. The van der Waals surface area contributed by atoms with Gasteiger partial charge in [0.15, 0.2) is 5.78 Å². The lowest BCUT2D eigenvalue weighted by atomic mass is 10.1. The molecule has 0 unspecified atom stereocenters. The highest BCUT2D eigenvalue weighted by molar-refractivity contribution is 9.10. The third-order valence-electron chi connectivity index (χ3n) is 2.62. The molecular formula is C15H11BrCl2O2. The Morgan fingerprint density at radius 3 is 2.45 bits per heavy atom. The van der Waals surface area contributed by atoms with Gasteiger partial charge in [-0.2, -0.15) is 0 Å². The molecule has 0 saturated heterocycles. The minimum absolute atomic E-state index is 0.00796. The summed E-state index contributed by atoms with van der Waals surface area (Å²) in [5, 5.41) is 1.20. The van der Waals surface area contributed by atoms with Gasteiger partial charge >= 0.3 is 0 Å². The molecule has 0 aliphatic rings. The first-order valence-electron chi connectivity index (χ1n) is 5.88. The van der Waals surface area contributed by atoms with Crippen molar-refractivity contribution in [2.75, 3.05) is 6.61 Å². The second-order valence-electron chi connectivity index (χ2n) is 4.19. The molecule has 0 N–H and O–H groups in total. The number of halogens is 3. The third-order valence-corrected chi connectivity index (χ3v) is 3.71. The van der Waals surface area contributed by atoms with Crippen LogP contribution in [0.4, 0.5) is 0 Å². The maximum atomic E-state index is 11.9. The highest BCUT2D eigenvalue weighted by Gasteiger charge is 2.08. The molecule has 104 valence electrons. The summed E-state index contributed by atoms with van der Waals surface area (Å²) in [4.78, 5) is 11.9. The molecule has 5 heteroatoms. The van der Waals surface area contributed by atoms with Crippen LogP contribution in [0.1, 0.15) is 5.56 Å². The molecule has 0 saturated carbocycles. The molecule has 0 fully saturated rings. The fourth-order valence-electron chi connectivity index (χ4n) is 1.62. The molecule has 0 heterocycles. The first kappa shape index (κ1) is 15.4. The van der Waals surface area contributed by atoms with E-state index in [1.165, 1.54) is 0 Å². The largest absolute Gasteiger partial charge is 0.486 e. The van der Waals surface area contributed by atoms with Crippen LogP contribution in [-0.2, 0) is 11.2 Å². The number of carbonyl (C=O) groups is 1. The maximum absolute atomic E-state index is 11.9. The smallest absolute Gasteiger partial charge is 0.174 e. The van der Waals surface area contributed by atoms with Crippen LogP contribution >= 0.6 is 39.1 Å². The number of ether oxygens (including phenoxy) is 1. The van der Waals surface area contributed by atoms with Crippen LogP contribution in [-0.4, -0.2) is 12.4 Å².